The molecule has 3 rings (SSSR count). The van der Waals surface area contributed by atoms with Crippen molar-refractivity contribution < 1.29 is 15.0 Å². The molecule has 3 heteroatoms. The fraction of sp³-hybridized carbons (Fsp3) is 0.235. The van der Waals surface area contributed by atoms with Crippen LogP contribution in [0.5, 0.6) is 0 Å². The van der Waals surface area contributed by atoms with Crippen molar-refractivity contribution >= 4 is 5.97 Å². The summed E-state index contributed by atoms with van der Waals surface area (Å²) >= 11 is 0. The average molecular weight is 268 g/mol. The highest BCUT2D eigenvalue weighted by molar-refractivity contribution is 5.87. The number of aromatic carboxylic acids is 1. The molecule has 102 valence electrons. The number of carboxylic acids is 1. The van der Waals surface area contributed by atoms with Gasteiger partial charge in [0.05, 0.1) is 11.2 Å². The molecule has 0 spiro atoms. The number of carboxylic acid groups (broad SMARTS) is 1. The second kappa shape index (κ2) is 4.76. The van der Waals surface area contributed by atoms with Gasteiger partial charge in [0.2, 0.25) is 0 Å². The van der Waals surface area contributed by atoms with Crippen LogP contribution in [-0.4, -0.2) is 16.2 Å². The van der Waals surface area contributed by atoms with Gasteiger partial charge in [0.15, 0.2) is 0 Å². The van der Waals surface area contributed by atoms with Crippen molar-refractivity contribution in [2.45, 2.75) is 24.4 Å². The fourth-order valence-electron chi connectivity index (χ4n) is 2.94. The maximum atomic E-state index is 10.9. The van der Waals surface area contributed by atoms with Crippen LogP contribution in [-0.2, 0) is 5.60 Å². The van der Waals surface area contributed by atoms with Crippen LogP contribution in [0.25, 0.3) is 0 Å². The zero-order valence-electron chi connectivity index (χ0n) is 11.0. The highest BCUT2D eigenvalue weighted by atomic mass is 16.4. The Hall–Kier alpha value is -2.13. The van der Waals surface area contributed by atoms with Crippen LogP contribution in [0.15, 0.2) is 54.6 Å². The van der Waals surface area contributed by atoms with Gasteiger partial charge in [-0.1, -0.05) is 42.5 Å². The number of benzene rings is 2. The smallest absolute Gasteiger partial charge is 0.335 e. The molecule has 0 saturated heterocycles. The van der Waals surface area contributed by atoms with Crippen LogP contribution in [0.3, 0.4) is 0 Å². The Morgan fingerprint density at radius 1 is 1.05 bits per heavy atom. The van der Waals surface area contributed by atoms with Crippen LogP contribution < -0.4 is 0 Å². The van der Waals surface area contributed by atoms with Gasteiger partial charge in [-0.25, -0.2) is 4.79 Å². The highest BCUT2D eigenvalue weighted by Gasteiger charge is 2.47. The van der Waals surface area contributed by atoms with E-state index in [-0.39, 0.29) is 11.5 Å². The lowest BCUT2D eigenvalue weighted by molar-refractivity contribution is -0.0645. The summed E-state index contributed by atoms with van der Waals surface area (Å²) in [5.41, 5.74) is 1.29. The summed E-state index contributed by atoms with van der Waals surface area (Å²) < 4.78 is 0. The van der Waals surface area contributed by atoms with Crippen molar-refractivity contribution in [3.05, 3.63) is 71.3 Å². The molecular formula is C17H16O3. The molecule has 3 nitrogen and oxygen atoms in total. The molecule has 0 unspecified atom stereocenters. The van der Waals surface area contributed by atoms with Crippen molar-refractivity contribution in [1.29, 1.82) is 0 Å². The Labute approximate surface area is 117 Å². The molecule has 0 radical (unpaired) electrons. The summed E-state index contributed by atoms with van der Waals surface area (Å²) in [6, 6.07) is 16.5. The number of carbonyl (C=O) groups is 1. The molecule has 0 amide bonds. The minimum Gasteiger partial charge on any atom is -0.478 e. The Bertz CT molecular complexity index is 618. The zero-order valence-corrected chi connectivity index (χ0v) is 11.0. The maximum absolute atomic E-state index is 10.9. The SMILES string of the molecule is O=C(O)c1ccc([C@]2(O)CC[C@@H]2c2ccccc2)cc1. The van der Waals surface area contributed by atoms with Crippen LogP contribution in [0, 0.1) is 0 Å². The summed E-state index contributed by atoms with van der Waals surface area (Å²) in [5.74, 6) is -0.865. The van der Waals surface area contributed by atoms with Gasteiger partial charge in [-0.15, -0.1) is 0 Å². The lowest BCUT2D eigenvalue weighted by Crippen LogP contribution is -2.42. The molecular weight excluding hydrogens is 252 g/mol. The third kappa shape index (κ3) is 2.00. The van der Waals surface area contributed by atoms with E-state index >= 15 is 0 Å². The van der Waals surface area contributed by atoms with Gasteiger partial charge in [-0.3, -0.25) is 0 Å². The van der Waals surface area contributed by atoms with Gasteiger partial charge >= 0.3 is 5.97 Å². The first-order chi connectivity index (χ1) is 9.61. The number of aliphatic hydroxyl groups is 1. The first-order valence-corrected chi connectivity index (χ1v) is 6.72. The number of rotatable bonds is 3. The van der Waals surface area contributed by atoms with Crippen molar-refractivity contribution in [2.75, 3.05) is 0 Å². The minimum absolute atomic E-state index is 0.0828. The Morgan fingerprint density at radius 2 is 1.70 bits per heavy atom. The topological polar surface area (TPSA) is 57.5 Å². The van der Waals surface area contributed by atoms with Crippen LogP contribution >= 0.6 is 0 Å². The number of hydrogen-bond acceptors (Lipinski definition) is 2. The molecule has 1 fully saturated rings. The van der Waals surface area contributed by atoms with Crippen LogP contribution in [0.4, 0.5) is 0 Å². The molecule has 2 aromatic carbocycles. The quantitative estimate of drug-likeness (QED) is 0.899. The van der Waals surface area contributed by atoms with E-state index < -0.39 is 11.6 Å². The molecule has 0 aromatic heterocycles. The van der Waals surface area contributed by atoms with Gasteiger partial charge < -0.3 is 10.2 Å². The molecule has 1 saturated carbocycles. The van der Waals surface area contributed by atoms with E-state index in [1.807, 2.05) is 30.3 Å². The molecule has 2 atom stereocenters. The van der Waals surface area contributed by atoms with E-state index in [0.29, 0.717) is 6.42 Å². The Balaban J connectivity index is 1.91. The molecule has 20 heavy (non-hydrogen) atoms. The first-order valence-electron chi connectivity index (χ1n) is 6.72. The lowest BCUT2D eigenvalue weighted by Gasteiger charge is -2.46. The third-order valence-electron chi connectivity index (χ3n) is 4.22. The molecule has 0 heterocycles. The van der Waals surface area contributed by atoms with E-state index in [2.05, 4.69) is 0 Å². The molecule has 2 N–H and O–H groups in total. The minimum atomic E-state index is -0.947. The van der Waals surface area contributed by atoms with Gasteiger partial charge in [0.25, 0.3) is 0 Å². The first kappa shape index (κ1) is 12.9. The van der Waals surface area contributed by atoms with Crippen LogP contribution in [0.2, 0.25) is 0 Å². The van der Waals surface area contributed by atoms with Gasteiger partial charge in [-0.2, -0.15) is 0 Å². The Kier molecular flexibility index (Phi) is 3.07. The molecule has 2 aromatic rings. The van der Waals surface area contributed by atoms with Crippen molar-refractivity contribution in [3.8, 4) is 0 Å². The summed E-state index contributed by atoms with van der Waals surface area (Å²) in [7, 11) is 0. The molecule has 1 aliphatic rings. The molecule has 0 bridgehead atoms. The third-order valence-corrected chi connectivity index (χ3v) is 4.22. The van der Waals surface area contributed by atoms with E-state index in [9.17, 15) is 9.90 Å². The summed E-state index contributed by atoms with van der Waals surface area (Å²) in [4.78, 5) is 10.9. The van der Waals surface area contributed by atoms with Crippen LogP contribution in [0.1, 0.15) is 40.2 Å². The van der Waals surface area contributed by atoms with E-state index in [0.717, 1.165) is 17.5 Å². The van der Waals surface area contributed by atoms with Gasteiger partial charge in [0, 0.05) is 5.92 Å². The Morgan fingerprint density at radius 3 is 2.20 bits per heavy atom. The fourth-order valence-corrected chi connectivity index (χ4v) is 2.94. The lowest BCUT2D eigenvalue weighted by atomic mass is 9.63. The standard InChI is InChI=1S/C17H16O3/c18-16(19)13-6-8-14(9-7-13)17(20)11-10-15(17)12-4-2-1-3-5-12/h1-9,15,20H,10-11H2,(H,18,19)/t15-,17-/m1/s1. The second-order valence-electron chi connectivity index (χ2n) is 5.31. The molecule has 1 aliphatic carbocycles. The predicted octanol–water partition coefficient (Wildman–Crippen LogP) is 3.15. The highest BCUT2D eigenvalue weighted by Crippen LogP contribution is 2.52. The monoisotopic (exact) mass is 268 g/mol. The van der Waals surface area contributed by atoms with E-state index in [4.69, 9.17) is 5.11 Å². The summed E-state index contributed by atoms with van der Waals surface area (Å²) in [6.45, 7) is 0. The normalized spacial score (nSPS) is 24.9. The van der Waals surface area contributed by atoms with Crippen molar-refractivity contribution in [1.82, 2.24) is 0 Å². The summed E-state index contributed by atoms with van der Waals surface area (Å²) in [6.07, 6.45) is 1.65. The van der Waals surface area contributed by atoms with E-state index in [1.54, 1.807) is 24.3 Å². The average Bonchev–Trinajstić information content (AvgIpc) is 2.46. The van der Waals surface area contributed by atoms with Crippen molar-refractivity contribution in [2.24, 2.45) is 0 Å². The maximum Gasteiger partial charge on any atom is 0.335 e. The largest absolute Gasteiger partial charge is 0.478 e. The van der Waals surface area contributed by atoms with Crippen molar-refractivity contribution in [3.63, 3.8) is 0 Å². The summed E-state index contributed by atoms with van der Waals surface area (Å²) in [5, 5.41) is 19.8. The molecule has 0 aliphatic heterocycles. The number of hydrogen-bond donors (Lipinski definition) is 2. The van der Waals surface area contributed by atoms with E-state index in [1.165, 1.54) is 0 Å². The van der Waals surface area contributed by atoms with Gasteiger partial charge in [-0.05, 0) is 36.1 Å². The predicted molar refractivity (Wildman–Crippen MR) is 75.7 cm³/mol. The van der Waals surface area contributed by atoms with Gasteiger partial charge in [0.1, 0.15) is 0 Å². The second-order valence-corrected chi connectivity index (χ2v) is 5.31. The zero-order chi connectivity index (χ0) is 14.2.